The Morgan fingerprint density at radius 3 is 2.45 bits per heavy atom. The molecule has 1 rings (SSSR count). The van der Waals surface area contributed by atoms with Crippen molar-refractivity contribution in [1.29, 1.82) is 0 Å². The van der Waals surface area contributed by atoms with Gasteiger partial charge in [-0.25, -0.2) is 0 Å². The maximum Gasteiger partial charge on any atom is 0.573 e. The summed E-state index contributed by atoms with van der Waals surface area (Å²) in [5, 5.41) is 3.32. The maximum absolute atomic E-state index is 12.1. The molecule has 0 spiro atoms. The molecule has 0 bridgehead atoms. The Morgan fingerprint density at radius 2 is 1.90 bits per heavy atom. The van der Waals surface area contributed by atoms with E-state index in [4.69, 9.17) is 0 Å². The molecule has 0 amide bonds. The minimum Gasteiger partial charge on any atom is -0.406 e. The summed E-state index contributed by atoms with van der Waals surface area (Å²) in [6, 6.07) is 5.93. The third-order valence-corrected chi connectivity index (χ3v) is 2.40. The molecule has 0 unspecified atom stereocenters. The van der Waals surface area contributed by atoms with Gasteiger partial charge in [0, 0.05) is 12.1 Å². The molecule has 1 aromatic carbocycles. The van der Waals surface area contributed by atoms with Crippen molar-refractivity contribution in [1.82, 2.24) is 5.32 Å². The van der Waals surface area contributed by atoms with Crippen LogP contribution >= 0.6 is 0 Å². The molecule has 0 aromatic heterocycles. The molecule has 1 N–H and O–H groups in total. The lowest BCUT2D eigenvalue weighted by Gasteiger charge is -2.20. The van der Waals surface area contributed by atoms with Crippen LogP contribution in [0.1, 0.15) is 33.3 Å². The molecule has 2 nitrogen and oxygen atoms in total. The number of alkyl halides is 3. The second-order valence-corrected chi connectivity index (χ2v) is 5.71. The van der Waals surface area contributed by atoms with E-state index in [1.807, 2.05) is 13.0 Å². The van der Waals surface area contributed by atoms with Gasteiger partial charge in [-0.15, -0.1) is 13.2 Å². The minimum absolute atomic E-state index is 0.00363. The molecule has 0 saturated carbocycles. The summed E-state index contributed by atoms with van der Waals surface area (Å²) >= 11 is 0. The highest BCUT2D eigenvalue weighted by Gasteiger charge is 2.31. The third kappa shape index (κ3) is 7.19. The highest BCUT2D eigenvalue weighted by atomic mass is 19.4. The molecule has 1 aromatic rings. The zero-order valence-corrected chi connectivity index (χ0v) is 12.1. The van der Waals surface area contributed by atoms with E-state index in [1.165, 1.54) is 18.2 Å². The van der Waals surface area contributed by atoms with Crippen LogP contribution in [0.4, 0.5) is 13.2 Å². The van der Waals surface area contributed by atoms with Crippen molar-refractivity contribution in [3.05, 3.63) is 35.4 Å². The first-order valence-corrected chi connectivity index (χ1v) is 6.33. The normalized spacial score (nSPS) is 13.4. The molecule has 20 heavy (non-hydrogen) atoms. The quantitative estimate of drug-likeness (QED) is 0.887. The van der Waals surface area contributed by atoms with Gasteiger partial charge in [-0.1, -0.05) is 23.8 Å². The van der Waals surface area contributed by atoms with Crippen molar-refractivity contribution in [2.75, 3.05) is 6.54 Å². The van der Waals surface area contributed by atoms with E-state index >= 15 is 0 Å². The van der Waals surface area contributed by atoms with Crippen molar-refractivity contribution in [3.63, 3.8) is 0 Å². The Bertz CT molecular complexity index is 473. The molecule has 0 aliphatic rings. The van der Waals surface area contributed by atoms with Crippen molar-refractivity contribution in [2.24, 2.45) is 0 Å². The van der Waals surface area contributed by atoms with E-state index in [1.54, 1.807) is 6.07 Å². The molecule has 0 aliphatic heterocycles. The van der Waals surface area contributed by atoms with Crippen LogP contribution < -0.4 is 10.1 Å². The van der Waals surface area contributed by atoms with Crippen LogP contribution in [-0.2, 0) is 0 Å². The van der Waals surface area contributed by atoms with Gasteiger partial charge in [-0.3, -0.25) is 0 Å². The summed E-state index contributed by atoms with van der Waals surface area (Å²) in [4.78, 5) is 0. The van der Waals surface area contributed by atoms with Crippen molar-refractivity contribution < 1.29 is 17.9 Å². The molecular weight excluding hydrogens is 267 g/mol. The van der Waals surface area contributed by atoms with Crippen molar-refractivity contribution in [3.8, 4) is 5.75 Å². The van der Waals surface area contributed by atoms with Gasteiger partial charge in [0.05, 0.1) is 0 Å². The van der Waals surface area contributed by atoms with Gasteiger partial charge in [0.1, 0.15) is 5.75 Å². The van der Waals surface area contributed by atoms with Gasteiger partial charge < -0.3 is 10.1 Å². The van der Waals surface area contributed by atoms with Gasteiger partial charge in [0.25, 0.3) is 0 Å². The number of ether oxygens (including phenoxy) is 1. The Labute approximate surface area is 117 Å². The zero-order chi connectivity index (χ0) is 15.4. The summed E-state index contributed by atoms with van der Waals surface area (Å²) in [6.45, 7) is 8.76. The second-order valence-electron chi connectivity index (χ2n) is 5.71. The standard InChI is InChI=1S/C15H20F3NO/c1-11(10-19-14(2,3)4)8-12-6-5-7-13(9-12)20-15(16,17)18/h5-9,19H,10H2,1-4H3/b11-8-. The van der Waals surface area contributed by atoms with E-state index in [9.17, 15) is 13.2 Å². The fraction of sp³-hybridized carbons (Fsp3) is 0.467. The largest absolute Gasteiger partial charge is 0.573 e. The number of nitrogens with one attached hydrogen (secondary N) is 1. The Kier molecular flexibility index (Phi) is 5.22. The summed E-state index contributed by atoms with van der Waals surface area (Å²) in [7, 11) is 0. The molecule has 5 heteroatoms. The van der Waals surface area contributed by atoms with Crippen LogP contribution in [0.15, 0.2) is 29.8 Å². The van der Waals surface area contributed by atoms with Crippen LogP contribution in [0, 0.1) is 0 Å². The van der Waals surface area contributed by atoms with Crippen molar-refractivity contribution in [2.45, 2.75) is 39.6 Å². The Morgan fingerprint density at radius 1 is 1.25 bits per heavy atom. The predicted octanol–water partition coefficient (Wildman–Crippen LogP) is 4.38. The zero-order valence-electron chi connectivity index (χ0n) is 12.1. The number of rotatable bonds is 4. The maximum atomic E-state index is 12.1. The van der Waals surface area contributed by atoms with E-state index < -0.39 is 6.36 Å². The first-order valence-electron chi connectivity index (χ1n) is 6.33. The molecule has 0 atom stereocenters. The van der Waals surface area contributed by atoms with E-state index in [-0.39, 0.29) is 11.3 Å². The summed E-state index contributed by atoms with van der Waals surface area (Å²) in [5.41, 5.74) is 1.71. The molecule has 112 valence electrons. The first kappa shape index (κ1) is 16.6. The molecule has 0 radical (unpaired) electrons. The van der Waals surface area contributed by atoms with Gasteiger partial charge in [0.15, 0.2) is 0 Å². The molecular formula is C15H20F3NO. The van der Waals surface area contributed by atoms with Crippen LogP contribution in [0.25, 0.3) is 6.08 Å². The fourth-order valence-electron chi connectivity index (χ4n) is 1.54. The second kappa shape index (κ2) is 6.31. The lowest BCUT2D eigenvalue weighted by Crippen LogP contribution is -2.36. The summed E-state index contributed by atoms with van der Waals surface area (Å²) in [5.74, 6) is -0.206. The number of hydrogen-bond acceptors (Lipinski definition) is 2. The van der Waals surface area contributed by atoms with Gasteiger partial charge >= 0.3 is 6.36 Å². The SMILES string of the molecule is C/C(=C/c1cccc(OC(F)(F)F)c1)CNC(C)(C)C. The Balaban J connectivity index is 2.74. The average Bonchev–Trinajstić information content (AvgIpc) is 2.23. The smallest absolute Gasteiger partial charge is 0.406 e. The van der Waals surface area contributed by atoms with Crippen LogP contribution in [-0.4, -0.2) is 18.4 Å². The molecule has 0 saturated heterocycles. The predicted molar refractivity (Wildman–Crippen MR) is 74.5 cm³/mol. The van der Waals surface area contributed by atoms with Crippen LogP contribution in [0.5, 0.6) is 5.75 Å². The molecule has 0 aliphatic carbocycles. The van der Waals surface area contributed by atoms with Crippen molar-refractivity contribution >= 4 is 6.08 Å². The van der Waals surface area contributed by atoms with E-state index in [2.05, 4.69) is 30.8 Å². The van der Waals surface area contributed by atoms with Gasteiger partial charge in [-0.05, 0) is 45.4 Å². The lowest BCUT2D eigenvalue weighted by molar-refractivity contribution is -0.274. The van der Waals surface area contributed by atoms with Crippen LogP contribution in [0.3, 0.4) is 0 Å². The topological polar surface area (TPSA) is 21.3 Å². The minimum atomic E-state index is -4.66. The number of halogens is 3. The average molecular weight is 287 g/mol. The number of benzene rings is 1. The highest BCUT2D eigenvalue weighted by Crippen LogP contribution is 2.24. The van der Waals surface area contributed by atoms with E-state index in [0.29, 0.717) is 12.1 Å². The highest BCUT2D eigenvalue weighted by molar-refractivity contribution is 5.54. The summed E-state index contributed by atoms with van der Waals surface area (Å²) < 4.78 is 40.3. The van der Waals surface area contributed by atoms with Gasteiger partial charge in [0.2, 0.25) is 0 Å². The van der Waals surface area contributed by atoms with Gasteiger partial charge in [-0.2, -0.15) is 0 Å². The Hall–Kier alpha value is -1.49. The first-order chi connectivity index (χ1) is 9.05. The molecule has 0 fully saturated rings. The third-order valence-electron chi connectivity index (χ3n) is 2.40. The van der Waals surface area contributed by atoms with E-state index in [0.717, 1.165) is 5.57 Å². The van der Waals surface area contributed by atoms with Crippen LogP contribution in [0.2, 0.25) is 0 Å². The lowest BCUT2D eigenvalue weighted by atomic mass is 10.1. The monoisotopic (exact) mass is 287 g/mol. The fourth-order valence-corrected chi connectivity index (χ4v) is 1.54. The number of hydrogen-bond donors (Lipinski definition) is 1. The summed E-state index contributed by atoms with van der Waals surface area (Å²) in [6.07, 6.45) is -2.83. The molecule has 0 heterocycles.